The van der Waals surface area contributed by atoms with E-state index in [0.29, 0.717) is 11.5 Å². The summed E-state index contributed by atoms with van der Waals surface area (Å²) < 4.78 is 11.8. The fourth-order valence-corrected chi connectivity index (χ4v) is 9.56. The van der Waals surface area contributed by atoms with Crippen molar-refractivity contribution >= 4 is 108 Å². The van der Waals surface area contributed by atoms with Crippen LogP contribution in [-0.4, -0.2) is 14.5 Å². The molecule has 0 unspecified atom stereocenters. The highest BCUT2D eigenvalue weighted by Gasteiger charge is 2.24. The Kier molecular flexibility index (Phi) is 5.35. The highest BCUT2D eigenvalue weighted by Crippen LogP contribution is 2.45. The molecule has 0 radical (unpaired) electrons. The maximum Gasteiger partial charge on any atom is 0.236 e. The molecule has 0 fully saturated rings. The van der Waals surface area contributed by atoms with Gasteiger partial charge < -0.3 is 4.42 Å². The summed E-state index contributed by atoms with van der Waals surface area (Å²) in [4.78, 5) is 10.9. The van der Waals surface area contributed by atoms with Crippen molar-refractivity contribution in [1.82, 2.24) is 14.5 Å². The van der Waals surface area contributed by atoms with E-state index >= 15 is 0 Å². The summed E-state index contributed by atoms with van der Waals surface area (Å²) in [5.74, 6) is 0.621. The third-order valence-electron chi connectivity index (χ3n) is 10.6. The number of para-hydroxylation sites is 1. The lowest BCUT2D eigenvalue weighted by atomic mass is 9.98. The van der Waals surface area contributed by atoms with Gasteiger partial charge in [-0.2, -0.15) is 0 Å². The van der Waals surface area contributed by atoms with Crippen LogP contribution in [0.15, 0.2) is 156 Å². The predicted molar refractivity (Wildman–Crippen MR) is 214 cm³/mol. The molecule has 5 heteroatoms. The van der Waals surface area contributed by atoms with E-state index in [4.69, 9.17) is 14.4 Å². The van der Waals surface area contributed by atoms with Crippen molar-refractivity contribution < 1.29 is 4.42 Å². The van der Waals surface area contributed by atoms with E-state index in [0.717, 1.165) is 54.9 Å². The zero-order chi connectivity index (χ0) is 33.2. The summed E-state index contributed by atoms with van der Waals surface area (Å²) in [5.41, 5.74) is 6.25. The Morgan fingerprint density at radius 3 is 2.00 bits per heavy atom. The van der Waals surface area contributed by atoms with E-state index in [9.17, 15) is 0 Å². The summed E-state index contributed by atoms with van der Waals surface area (Å²) in [6, 6.07) is 54.0. The number of nitrogens with zero attached hydrogens (tertiary/aromatic N) is 3. The number of hydrogen-bond donors (Lipinski definition) is 0. The number of rotatable bonds is 2. The molecule has 0 aliphatic carbocycles. The maximum absolute atomic E-state index is 6.91. The van der Waals surface area contributed by atoms with Gasteiger partial charge >= 0.3 is 0 Å². The molecule has 236 valence electrons. The minimum Gasteiger partial charge on any atom is -0.451 e. The smallest absolute Gasteiger partial charge is 0.236 e. The fraction of sp³-hybridized carbons (Fsp3) is 0. The Bertz CT molecular complexity index is 3430. The normalized spacial score (nSPS) is 12.3. The first-order valence-electron chi connectivity index (χ1n) is 17.2. The topological polar surface area (TPSA) is 43.9 Å². The van der Waals surface area contributed by atoms with Gasteiger partial charge in [-0.15, -0.1) is 11.3 Å². The number of benzene rings is 8. The predicted octanol–water partition coefficient (Wildman–Crippen LogP) is 13.0. The quantitative estimate of drug-likeness (QED) is 0.172. The zero-order valence-electron chi connectivity index (χ0n) is 27.1. The van der Waals surface area contributed by atoms with Crippen molar-refractivity contribution in [2.45, 2.75) is 0 Å². The van der Waals surface area contributed by atoms with Gasteiger partial charge in [-0.25, -0.2) is 9.97 Å². The Morgan fingerprint density at radius 2 is 1.16 bits per heavy atom. The van der Waals surface area contributed by atoms with E-state index in [2.05, 4.69) is 150 Å². The second-order valence-corrected chi connectivity index (χ2v) is 14.3. The molecular formula is C46H25N3OS. The van der Waals surface area contributed by atoms with Crippen molar-refractivity contribution in [3.05, 3.63) is 152 Å². The molecule has 4 heterocycles. The minimum absolute atomic E-state index is 0.621. The third kappa shape index (κ3) is 3.68. The lowest BCUT2D eigenvalue weighted by Gasteiger charge is -2.10. The highest BCUT2D eigenvalue weighted by molar-refractivity contribution is 7.26. The number of thiophene rings is 1. The Balaban J connectivity index is 1.27. The summed E-state index contributed by atoms with van der Waals surface area (Å²) in [5, 5.41) is 12.9. The molecule has 0 atom stereocenters. The van der Waals surface area contributed by atoms with E-state index in [1.807, 2.05) is 17.4 Å². The summed E-state index contributed by atoms with van der Waals surface area (Å²) in [6.07, 6.45) is 0. The standard InChI is InChI=1S/C46H25N3OS/c1-2-12-26(13-3-1)41-44-42(40-32-18-6-4-14-28(32)29-15-5-7-19-33(29)43(40)50-44)48-46(47-41)49-37-20-10-8-16-30(37)36-24-27-22-23-34-31-17-9-11-21-39(31)51-45(34)35(27)25-38(36)49/h1-25H. The maximum atomic E-state index is 6.91. The van der Waals surface area contributed by atoms with E-state index < -0.39 is 0 Å². The van der Waals surface area contributed by atoms with Gasteiger partial charge in [0.1, 0.15) is 16.8 Å². The first-order chi connectivity index (χ1) is 25.3. The molecule has 51 heavy (non-hydrogen) atoms. The van der Waals surface area contributed by atoms with Crippen LogP contribution in [0.2, 0.25) is 0 Å². The van der Waals surface area contributed by atoms with Crippen LogP contribution in [0.1, 0.15) is 0 Å². The van der Waals surface area contributed by atoms with Gasteiger partial charge in [0.15, 0.2) is 5.58 Å². The van der Waals surface area contributed by atoms with Crippen molar-refractivity contribution in [3.8, 4) is 17.2 Å². The molecule has 0 spiro atoms. The van der Waals surface area contributed by atoms with Crippen LogP contribution in [0, 0.1) is 0 Å². The number of hydrogen-bond acceptors (Lipinski definition) is 4. The average molecular weight is 668 g/mol. The SMILES string of the molecule is c1ccc(-c2nc(-n3c4ccccc4c4cc5ccc6c7ccccc7sc6c5cc43)nc3c2oc2c4ccccc4c4ccccc4c32)cc1. The van der Waals surface area contributed by atoms with Crippen LogP contribution in [0.4, 0.5) is 0 Å². The summed E-state index contributed by atoms with van der Waals surface area (Å²) in [6.45, 7) is 0. The van der Waals surface area contributed by atoms with Crippen molar-refractivity contribution in [2.75, 3.05) is 0 Å². The molecule has 0 aliphatic rings. The molecule has 8 aromatic carbocycles. The average Bonchev–Trinajstić information content (AvgIpc) is 3.87. The molecule has 0 N–H and O–H groups in total. The molecule has 4 aromatic heterocycles. The largest absolute Gasteiger partial charge is 0.451 e. The number of aromatic nitrogens is 3. The van der Waals surface area contributed by atoms with E-state index in [1.54, 1.807) is 0 Å². The summed E-state index contributed by atoms with van der Waals surface area (Å²) in [7, 11) is 0. The van der Waals surface area contributed by atoms with Gasteiger partial charge in [0.2, 0.25) is 5.95 Å². The number of fused-ring (bicyclic) bond motifs is 16. The Labute approximate surface area is 294 Å². The fourth-order valence-electron chi connectivity index (χ4n) is 8.33. The van der Waals surface area contributed by atoms with Crippen molar-refractivity contribution in [3.63, 3.8) is 0 Å². The molecule has 0 saturated carbocycles. The van der Waals surface area contributed by atoms with Crippen LogP contribution >= 0.6 is 11.3 Å². The third-order valence-corrected chi connectivity index (χ3v) is 11.8. The second-order valence-electron chi connectivity index (χ2n) is 13.3. The van der Waals surface area contributed by atoms with Crippen molar-refractivity contribution in [2.24, 2.45) is 0 Å². The molecule has 12 rings (SSSR count). The van der Waals surface area contributed by atoms with E-state index in [-0.39, 0.29) is 0 Å². The van der Waals surface area contributed by atoms with Crippen LogP contribution in [0.3, 0.4) is 0 Å². The molecule has 4 nitrogen and oxygen atoms in total. The summed E-state index contributed by atoms with van der Waals surface area (Å²) >= 11 is 1.86. The van der Waals surface area contributed by atoms with Crippen LogP contribution in [0.25, 0.3) is 114 Å². The van der Waals surface area contributed by atoms with Gasteiger partial charge in [-0.05, 0) is 45.8 Å². The van der Waals surface area contributed by atoms with Gasteiger partial charge in [0.05, 0.1) is 16.4 Å². The zero-order valence-corrected chi connectivity index (χ0v) is 27.9. The van der Waals surface area contributed by atoms with Gasteiger partial charge in [-0.3, -0.25) is 4.57 Å². The first-order valence-corrected chi connectivity index (χ1v) is 18.0. The lowest BCUT2D eigenvalue weighted by Crippen LogP contribution is -2.03. The van der Waals surface area contributed by atoms with Crippen molar-refractivity contribution in [1.29, 1.82) is 0 Å². The van der Waals surface area contributed by atoms with Gasteiger partial charge in [0.25, 0.3) is 0 Å². The number of furan rings is 1. The monoisotopic (exact) mass is 667 g/mol. The Hall–Kier alpha value is -6.56. The Morgan fingerprint density at radius 1 is 0.471 bits per heavy atom. The minimum atomic E-state index is 0.621. The van der Waals surface area contributed by atoms with Crippen LogP contribution < -0.4 is 0 Å². The molecule has 0 saturated heterocycles. The first kappa shape index (κ1) is 27.3. The van der Waals surface area contributed by atoms with Gasteiger partial charge in [0, 0.05) is 47.3 Å². The lowest BCUT2D eigenvalue weighted by molar-refractivity contribution is 0.670. The molecule has 12 aromatic rings. The second kappa shape index (κ2) is 10.0. The molecule has 0 amide bonds. The van der Waals surface area contributed by atoms with Crippen LogP contribution in [-0.2, 0) is 0 Å². The highest BCUT2D eigenvalue weighted by atomic mass is 32.1. The molecule has 0 bridgehead atoms. The van der Waals surface area contributed by atoms with E-state index in [1.165, 1.54) is 47.1 Å². The molecule has 0 aliphatic heterocycles. The van der Waals surface area contributed by atoms with Gasteiger partial charge in [-0.1, -0.05) is 127 Å². The van der Waals surface area contributed by atoms with Crippen LogP contribution in [0.5, 0.6) is 0 Å². The molecular weight excluding hydrogens is 643 g/mol.